The molecule has 0 aliphatic rings. The van der Waals surface area contributed by atoms with Crippen LogP contribution in [-0.4, -0.2) is 31.7 Å². The molecule has 96 valence electrons. The highest BCUT2D eigenvalue weighted by Gasteiger charge is 2.21. The van der Waals surface area contributed by atoms with Crippen LogP contribution in [0.4, 0.5) is 5.69 Å². The molecule has 0 aliphatic carbocycles. The summed E-state index contributed by atoms with van der Waals surface area (Å²) in [5.74, 6) is -0.590. The Morgan fingerprint density at radius 1 is 1.50 bits per heavy atom. The third kappa shape index (κ3) is 2.36. The van der Waals surface area contributed by atoms with Crippen LogP contribution >= 0.6 is 11.3 Å². The Labute approximate surface area is 107 Å². The molecule has 0 atom stereocenters. The summed E-state index contributed by atoms with van der Waals surface area (Å²) in [7, 11) is -2.54. The van der Waals surface area contributed by atoms with Crippen LogP contribution in [0.3, 0.4) is 0 Å². The van der Waals surface area contributed by atoms with Crippen molar-refractivity contribution < 1.29 is 17.9 Å². The lowest BCUT2D eigenvalue weighted by Gasteiger charge is -2.05. The van der Waals surface area contributed by atoms with Crippen molar-refractivity contribution in [2.24, 2.45) is 0 Å². The Kier molecular flexibility index (Phi) is 3.34. The van der Waals surface area contributed by atoms with Gasteiger partial charge < -0.3 is 4.74 Å². The monoisotopic (exact) mass is 287 g/mol. The third-order valence-corrected chi connectivity index (χ3v) is 4.23. The van der Waals surface area contributed by atoms with Gasteiger partial charge in [-0.1, -0.05) is 0 Å². The van der Waals surface area contributed by atoms with E-state index in [2.05, 4.69) is 19.7 Å². The van der Waals surface area contributed by atoms with Crippen LogP contribution in [0.15, 0.2) is 28.7 Å². The van der Waals surface area contributed by atoms with E-state index in [1.54, 1.807) is 5.38 Å². The number of hydrogen-bond donors (Lipinski definition) is 2. The van der Waals surface area contributed by atoms with Gasteiger partial charge in [0.2, 0.25) is 0 Å². The van der Waals surface area contributed by atoms with Crippen molar-refractivity contribution in [3.63, 3.8) is 0 Å². The summed E-state index contributed by atoms with van der Waals surface area (Å²) in [6.45, 7) is 0. The number of H-pyrrole nitrogens is 1. The van der Waals surface area contributed by atoms with Crippen molar-refractivity contribution in [1.29, 1.82) is 0 Å². The van der Waals surface area contributed by atoms with Crippen LogP contribution in [0.25, 0.3) is 0 Å². The number of carbonyl (C=O) groups excluding carboxylic acids is 1. The number of aromatic nitrogens is 2. The van der Waals surface area contributed by atoms with E-state index >= 15 is 0 Å². The number of ether oxygens (including phenoxy) is 1. The molecule has 0 fully saturated rings. The predicted molar refractivity (Wildman–Crippen MR) is 65.1 cm³/mol. The number of esters is 1. The second-order valence-corrected chi connectivity index (χ2v) is 5.75. The maximum Gasteiger partial charge on any atom is 0.350 e. The molecular formula is C9H9N3O4S2. The number of nitrogens with one attached hydrogen (secondary N) is 2. The van der Waals surface area contributed by atoms with Crippen molar-refractivity contribution >= 4 is 33.0 Å². The molecule has 0 radical (unpaired) electrons. The van der Waals surface area contributed by atoms with E-state index in [0.29, 0.717) is 0 Å². The number of sulfonamides is 1. The SMILES string of the molecule is COC(=O)c1sccc1NS(=O)(=O)c1ccn[nH]1. The molecule has 2 heterocycles. The molecule has 2 rings (SSSR count). The highest BCUT2D eigenvalue weighted by atomic mass is 32.2. The highest BCUT2D eigenvalue weighted by molar-refractivity contribution is 7.92. The van der Waals surface area contributed by atoms with Crippen LogP contribution in [-0.2, 0) is 14.8 Å². The van der Waals surface area contributed by atoms with E-state index in [9.17, 15) is 13.2 Å². The summed E-state index contributed by atoms with van der Waals surface area (Å²) in [6.07, 6.45) is 1.32. The smallest absolute Gasteiger partial charge is 0.350 e. The fraction of sp³-hybridized carbons (Fsp3) is 0.111. The first kappa shape index (κ1) is 12.6. The molecule has 18 heavy (non-hydrogen) atoms. The zero-order valence-electron chi connectivity index (χ0n) is 9.21. The third-order valence-electron chi connectivity index (χ3n) is 2.05. The Morgan fingerprint density at radius 3 is 2.89 bits per heavy atom. The summed E-state index contributed by atoms with van der Waals surface area (Å²) in [5, 5.41) is 7.41. The lowest BCUT2D eigenvalue weighted by molar-refractivity contribution is 0.0607. The zero-order valence-corrected chi connectivity index (χ0v) is 10.8. The molecule has 0 spiro atoms. The summed E-state index contributed by atoms with van der Waals surface area (Å²) in [6, 6.07) is 2.80. The van der Waals surface area contributed by atoms with Crippen LogP contribution in [0.1, 0.15) is 9.67 Å². The van der Waals surface area contributed by atoms with Crippen molar-refractivity contribution in [3.8, 4) is 0 Å². The van der Waals surface area contributed by atoms with Crippen molar-refractivity contribution in [2.75, 3.05) is 11.8 Å². The summed E-state index contributed by atoms with van der Waals surface area (Å²) >= 11 is 1.09. The Morgan fingerprint density at radius 2 is 2.28 bits per heavy atom. The zero-order chi connectivity index (χ0) is 13.2. The predicted octanol–water partition coefficient (Wildman–Crippen LogP) is 1.06. The Bertz CT molecular complexity index is 645. The molecule has 0 bridgehead atoms. The second-order valence-electron chi connectivity index (χ2n) is 3.18. The van der Waals surface area contributed by atoms with Gasteiger partial charge in [0.15, 0.2) is 5.03 Å². The van der Waals surface area contributed by atoms with Crippen LogP contribution in [0, 0.1) is 0 Å². The Hall–Kier alpha value is -1.87. The quantitative estimate of drug-likeness (QED) is 0.819. The van der Waals surface area contributed by atoms with Gasteiger partial charge in [-0.05, 0) is 17.5 Å². The summed E-state index contributed by atoms with van der Waals surface area (Å²) < 4.78 is 30.6. The van der Waals surface area contributed by atoms with E-state index in [1.807, 2.05) is 0 Å². The van der Waals surface area contributed by atoms with E-state index in [-0.39, 0.29) is 15.6 Å². The molecule has 0 aromatic carbocycles. The molecule has 0 unspecified atom stereocenters. The van der Waals surface area contributed by atoms with Crippen molar-refractivity contribution in [2.45, 2.75) is 5.03 Å². The molecule has 0 saturated heterocycles. The van der Waals surface area contributed by atoms with E-state index in [0.717, 1.165) is 11.3 Å². The van der Waals surface area contributed by atoms with Gasteiger partial charge in [-0.25, -0.2) is 4.79 Å². The van der Waals surface area contributed by atoms with Gasteiger partial charge in [-0.15, -0.1) is 11.3 Å². The van der Waals surface area contributed by atoms with Crippen molar-refractivity contribution in [1.82, 2.24) is 10.2 Å². The first-order valence-electron chi connectivity index (χ1n) is 4.72. The lowest BCUT2D eigenvalue weighted by atomic mass is 10.4. The van der Waals surface area contributed by atoms with Gasteiger partial charge in [-0.3, -0.25) is 9.82 Å². The molecule has 9 heteroatoms. The van der Waals surface area contributed by atoms with Gasteiger partial charge >= 0.3 is 5.97 Å². The maximum absolute atomic E-state index is 11.9. The minimum Gasteiger partial charge on any atom is -0.465 e. The van der Waals surface area contributed by atoms with E-state index in [4.69, 9.17) is 0 Å². The highest BCUT2D eigenvalue weighted by Crippen LogP contribution is 2.25. The fourth-order valence-electron chi connectivity index (χ4n) is 1.23. The molecule has 0 amide bonds. The van der Waals surface area contributed by atoms with E-state index < -0.39 is 16.0 Å². The number of methoxy groups -OCH3 is 1. The average molecular weight is 287 g/mol. The number of anilines is 1. The van der Waals surface area contributed by atoms with Crippen LogP contribution in [0.2, 0.25) is 0 Å². The number of rotatable bonds is 4. The van der Waals surface area contributed by atoms with E-state index in [1.165, 1.54) is 25.4 Å². The summed E-state index contributed by atoms with van der Waals surface area (Å²) in [4.78, 5) is 11.6. The number of aromatic amines is 1. The largest absolute Gasteiger partial charge is 0.465 e. The van der Waals surface area contributed by atoms with Gasteiger partial charge in [-0.2, -0.15) is 13.5 Å². The number of thiophene rings is 1. The second kappa shape index (κ2) is 4.78. The lowest BCUT2D eigenvalue weighted by Crippen LogP contribution is -2.15. The Balaban J connectivity index is 2.31. The molecule has 0 saturated carbocycles. The normalized spacial score (nSPS) is 11.2. The molecule has 2 aromatic heterocycles. The molecule has 2 aromatic rings. The van der Waals surface area contributed by atoms with Gasteiger partial charge in [0.1, 0.15) is 4.88 Å². The van der Waals surface area contributed by atoms with Gasteiger partial charge in [0, 0.05) is 0 Å². The maximum atomic E-state index is 11.9. The fourth-order valence-corrected chi connectivity index (χ4v) is 3.05. The standard InChI is InChI=1S/C9H9N3O4S2/c1-16-9(13)8-6(3-5-17-8)12-18(14,15)7-2-4-10-11-7/h2-5,12H,1H3,(H,10,11). The minimum absolute atomic E-state index is 0.0792. The van der Waals surface area contributed by atoms with Crippen LogP contribution < -0.4 is 4.72 Å². The molecular weight excluding hydrogens is 278 g/mol. The number of carbonyl (C=O) groups is 1. The van der Waals surface area contributed by atoms with Gasteiger partial charge in [0.05, 0.1) is 19.0 Å². The summed E-state index contributed by atoms with van der Waals surface area (Å²) in [5.41, 5.74) is 0.182. The molecule has 7 nitrogen and oxygen atoms in total. The average Bonchev–Trinajstić information content (AvgIpc) is 2.97. The first-order chi connectivity index (χ1) is 8.54. The molecule has 0 aliphatic heterocycles. The minimum atomic E-state index is -3.77. The number of hydrogen-bond acceptors (Lipinski definition) is 6. The van der Waals surface area contributed by atoms with Gasteiger partial charge in [0.25, 0.3) is 10.0 Å². The number of nitrogens with zero attached hydrogens (tertiary/aromatic N) is 1. The first-order valence-corrected chi connectivity index (χ1v) is 7.09. The molecule has 2 N–H and O–H groups in total. The van der Waals surface area contributed by atoms with Crippen LogP contribution in [0.5, 0.6) is 0 Å². The topological polar surface area (TPSA) is 101 Å². The van der Waals surface area contributed by atoms with Crippen molar-refractivity contribution in [3.05, 3.63) is 28.6 Å².